The average Bonchev–Trinajstić information content (AvgIpc) is 2.74. The first-order valence-corrected chi connectivity index (χ1v) is 6.12. The van der Waals surface area contributed by atoms with Crippen LogP contribution in [0.2, 0.25) is 0 Å². The molecule has 0 bridgehead atoms. The predicted octanol–water partition coefficient (Wildman–Crippen LogP) is 1.75. The van der Waals surface area contributed by atoms with E-state index in [-0.39, 0.29) is 11.6 Å². The first kappa shape index (κ1) is 11.7. The summed E-state index contributed by atoms with van der Waals surface area (Å²) in [5.74, 6) is 0. The van der Waals surface area contributed by atoms with Gasteiger partial charge in [-0.25, -0.2) is 4.79 Å². The number of amides is 1. The third-order valence-electron chi connectivity index (χ3n) is 3.09. The Kier molecular flexibility index (Phi) is 2.86. The molecule has 1 heterocycles. The van der Waals surface area contributed by atoms with Gasteiger partial charge in [-0.05, 0) is 53.1 Å². The van der Waals surface area contributed by atoms with E-state index in [1.807, 2.05) is 20.8 Å². The Bertz CT molecular complexity index is 275. The van der Waals surface area contributed by atoms with E-state index in [0.717, 1.165) is 19.4 Å². The van der Waals surface area contributed by atoms with Crippen molar-refractivity contribution in [2.75, 3.05) is 19.6 Å². The minimum Gasteiger partial charge on any atom is -0.444 e. The second kappa shape index (κ2) is 3.91. The Morgan fingerprint density at radius 1 is 1.38 bits per heavy atom. The Hall–Kier alpha value is -0.770. The SMILES string of the molecule is CC(C)(C)OC(=O)NC1(CN2CCC2)CC1. The maximum Gasteiger partial charge on any atom is 0.408 e. The van der Waals surface area contributed by atoms with Crippen molar-refractivity contribution in [2.24, 2.45) is 0 Å². The highest BCUT2D eigenvalue weighted by atomic mass is 16.6. The third-order valence-corrected chi connectivity index (χ3v) is 3.09. The van der Waals surface area contributed by atoms with Gasteiger partial charge in [0.15, 0.2) is 0 Å². The van der Waals surface area contributed by atoms with Crippen LogP contribution in [0.4, 0.5) is 4.79 Å². The van der Waals surface area contributed by atoms with Gasteiger partial charge in [-0.2, -0.15) is 0 Å². The molecule has 2 aliphatic rings. The van der Waals surface area contributed by atoms with Crippen molar-refractivity contribution >= 4 is 6.09 Å². The van der Waals surface area contributed by atoms with Crippen LogP contribution < -0.4 is 5.32 Å². The molecular formula is C12H22N2O2. The van der Waals surface area contributed by atoms with Crippen LogP contribution >= 0.6 is 0 Å². The van der Waals surface area contributed by atoms with Crippen molar-refractivity contribution in [1.29, 1.82) is 0 Å². The van der Waals surface area contributed by atoms with Gasteiger partial charge in [0.2, 0.25) is 0 Å². The van der Waals surface area contributed by atoms with Crippen LogP contribution in [-0.4, -0.2) is 41.8 Å². The molecule has 1 saturated carbocycles. The van der Waals surface area contributed by atoms with Crippen LogP contribution in [0.1, 0.15) is 40.0 Å². The highest BCUT2D eigenvalue weighted by Gasteiger charge is 2.46. The van der Waals surface area contributed by atoms with Gasteiger partial charge in [0.1, 0.15) is 5.60 Å². The van der Waals surface area contributed by atoms with Gasteiger partial charge in [-0.1, -0.05) is 0 Å². The monoisotopic (exact) mass is 226 g/mol. The molecule has 1 amide bonds. The lowest BCUT2D eigenvalue weighted by atomic mass is 10.1. The van der Waals surface area contributed by atoms with Crippen LogP contribution in [0.15, 0.2) is 0 Å². The number of carbonyl (C=O) groups excluding carboxylic acids is 1. The Morgan fingerprint density at radius 2 is 2.00 bits per heavy atom. The molecular weight excluding hydrogens is 204 g/mol. The molecule has 0 aromatic heterocycles. The Balaban J connectivity index is 1.77. The number of alkyl carbamates (subject to hydrolysis) is 1. The quantitative estimate of drug-likeness (QED) is 0.797. The minimum atomic E-state index is -0.406. The summed E-state index contributed by atoms with van der Waals surface area (Å²) in [7, 11) is 0. The summed E-state index contributed by atoms with van der Waals surface area (Å²) >= 11 is 0. The van der Waals surface area contributed by atoms with E-state index >= 15 is 0 Å². The van der Waals surface area contributed by atoms with Gasteiger partial charge in [-0.15, -0.1) is 0 Å². The van der Waals surface area contributed by atoms with Crippen LogP contribution in [0.25, 0.3) is 0 Å². The molecule has 0 aromatic rings. The van der Waals surface area contributed by atoms with Crippen LogP contribution in [-0.2, 0) is 4.74 Å². The number of hydrogen-bond donors (Lipinski definition) is 1. The first-order valence-electron chi connectivity index (χ1n) is 6.12. The van der Waals surface area contributed by atoms with Crippen LogP contribution in [0, 0.1) is 0 Å². The molecule has 0 atom stereocenters. The molecule has 2 rings (SSSR count). The Morgan fingerprint density at radius 3 is 2.38 bits per heavy atom. The lowest BCUT2D eigenvalue weighted by Gasteiger charge is -2.34. The fourth-order valence-electron chi connectivity index (χ4n) is 1.96. The molecule has 1 aliphatic carbocycles. The number of likely N-dealkylation sites (tertiary alicyclic amines) is 1. The van der Waals surface area contributed by atoms with Gasteiger partial charge in [0.25, 0.3) is 0 Å². The molecule has 0 unspecified atom stereocenters. The fraction of sp³-hybridized carbons (Fsp3) is 0.917. The smallest absolute Gasteiger partial charge is 0.408 e. The summed E-state index contributed by atoms with van der Waals surface area (Å²) in [5.41, 5.74) is -0.389. The summed E-state index contributed by atoms with van der Waals surface area (Å²) < 4.78 is 5.28. The summed E-state index contributed by atoms with van der Waals surface area (Å²) in [6.07, 6.45) is 3.19. The number of carbonyl (C=O) groups is 1. The summed E-state index contributed by atoms with van der Waals surface area (Å²) in [6, 6.07) is 0. The van der Waals surface area contributed by atoms with Crippen molar-refractivity contribution < 1.29 is 9.53 Å². The molecule has 16 heavy (non-hydrogen) atoms. The number of nitrogens with zero attached hydrogens (tertiary/aromatic N) is 1. The molecule has 2 fully saturated rings. The van der Waals surface area contributed by atoms with E-state index in [0.29, 0.717) is 0 Å². The van der Waals surface area contributed by atoms with E-state index in [9.17, 15) is 4.79 Å². The topological polar surface area (TPSA) is 41.6 Å². The van der Waals surface area contributed by atoms with E-state index < -0.39 is 5.60 Å². The molecule has 0 radical (unpaired) electrons. The minimum absolute atomic E-state index is 0.0166. The van der Waals surface area contributed by atoms with E-state index in [1.54, 1.807) is 0 Å². The molecule has 4 nitrogen and oxygen atoms in total. The van der Waals surface area contributed by atoms with E-state index in [4.69, 9.17) is 4.74 Å². The van der Waals surface area contributed by atoms with Crippen LogP contribution in [0.5, 0.6) is 0 Å². The number of ether oxygens (including phenoxy) is 1. The third kappa shape index (κ3) is 3.11. The molecule has 1 saturated heterocycles. The molecule has 0 spiro atoms. The zero-order valence-corrected chi connectivity index (χ0v) is 10.5. The normalized spacial score (nSPS) is 23.4. The highest BCUT2D eigenvalue weighted by Crippen LogP contribution is 2.37. The number of hydrogen-bond acceptors (Lipinski definition) is 3. The molecule has 1 N–H and O–H groups in total. The van der Waals surface area contributed by atoms with Crippen molar-refractivity contribution in [3.63, 3.8) is 0 Å². The van der Waals surface area contributed by atoms with Crippen LogP contribution in [0.3, 0.4) is 0 Å². The Labute approximate surface area is 97.3 Å². The first-order chi connectivity index (χ1) is 7.39. The standard InChI is InChI=1S/C12H22N2O2/c1-11(2,3)16-10(15)13-12(5-6-12)9-14-7-4-8-14/h4-9H2,1-3H3,(H,13,15). The van der Waals surface area contributed by atoms with Crippen molar-refractivity contribution in [3.8, 4) is 0 Å². The lowest BCUT2D eigenvalue weighted by molar-refractivity contribution is 0.0467. The number of rotatable bonds is 3. The van der Waals surface area contributed by atoms with Gasteiger partial charge in [-0.3, -0.25) is 0 Å². The van der Waals surface area contributed by atoms with Crippen molar-refractivity contribution in [3.05, 3.63) is 0 Å². The van der Waals surface area contributed by atoms with Crippen molar-refractivity contribution in [1.82, 2.24) is 10.2 Å². The largest absolute Gasteiger partial charge is 0.444 e. The maximum absolute atomic E-state index is 11.7. The van der Waals surface area contributed by atoms with Gasteiger partial charge < -0.3 is 15.0 Å². The lowest BCUT2D eigenvalue weighted by Crippen LogP contribution is -2.51. The van der Waals surface area contributed by atoms with Gasteiger partial charge in [0, 0.05) is 6.54 Å². The fourth-order valence-corrected chi connectivity index (χ4v) is 1.96. The second-order valence-electron chi connectivity index (χ2n) is 6.04. The van der Waals surface area contributed by atoms with Gasteiger partial charge >= 0.3 is 6.09 Å². The van der Waals surface area contributed by atoms with Gasteiger partial charge in [0.05, 0.1) is 5.54 Å². The molecule has 4 heteroatoms. The second-order valence-corrected chi connectivity index (χ2v) is 6.04. The highest BCUT2D eigenvalue weighted by molar-refractivity contribution is 5.69. The zero-order chi connectivity index (χ0) is 11.8. The summed E-state index contributed by atoms with van der Waals surface area (Å²) in [4.78, 5) is 14.0. The van der Waals surface area contributed by atoms with E-state index in [1.165, 1.54) is 19.5 Å². The number of nitrogens with one attached hydrogen (secondary N) is 1. The summed E-state index contributed by atoms with van der Waals surface area (Å²) in [6.45, 7) is 9.02. The predicted molar refractivity (Wildman–Crippen MR) is 62.4 cm³/mol. The molecule has 92 valence electrons. The van der Waals surface area contributed by atoms with E-state index in [2.05, 4.69) is 10.2 Å². The average molecular weight is 226 g/mol. The maximum atomic E-state index is 11.7. The molecule has 0 aromatic carbocycles. The zero-order valence-electron chi connectivity index (χ0n) is 10.5. The summed E-state index contributed by atoms with van der Waals surface area (Å²) in [5, 5.41) is 3.02. The van der Waals surface area contributed by atoms with Crippen molar-refractivity contribution in [2.45, 2.75) is 51.2 Å². The molecule has 1 aliphatic heterocycles.